The fourth-order valence-corrected chi connectivity index (χ4v) is 1.75. The van der Waals surface area contributed by atoms with Crippen LogP contribution >= 0.6 is 0 Å². The highest BCUT2D eigenvalue weighted by molar-refractivity contribution is 5.96. The summed E-state index contributed by atoms with van der Waals surface area (Å²) in [7, 11) is 6.99. The van der Waals surface area contributed by atoms with Gasteiger partial charge in [-0.2, -0.15) is 0 Å². The molecule has 0 fully saturated rings. The molecule has 8 nitrogen and oxygen atoms in total. The van der Waals surface area contributed by atoms with Crippen molar-refractivity contribution in [3.8, 4) is 5.88 Å². The summed E-state index contributed by atoms with van der Waals surface area (Å²) in [6, 6.07) is 1.80. The van der Waals surface area contributed by atoms with Crippen molar-refractivity contribution < 1.29 is 9.53 Å². The van der Waals surface area contributed by atoms with Gasteiger partial charge in [-0.15, -0.1) is 5.10 Å². The van der Waals surface area contributed by atoms with E-state index in [4.69, 9.17) is 4.74 Å². The van der Waals surface area contributed by atoms with E-state index in [1.165, 1.54) is 11.8 Å². The first-order valence-corrected chi connectivity index (χ1v) is 6.36. The number of carbonyl (C=O) groups excluding carboxylic acids is 1. The minimum atomic E-state index is -0.279. The van der Waals surface area contributed by atoms with Crippen molar-refractivity contribution in [1.82, 2.24) is 25.1 Å². The largest absolute Gasteiger partial charge is 0.479 e. The maximum atomic E-state index is 12.1. The highest BCUT2D eigenvalue weighted by atomic mass is 16.5. The number of nitrogens with one attached hydrogen (secondary N) is 1. The van der Waals surface area contributed by atoms with E-state index in [9.17, 15) is 4.79 Å². The number of carbonyl (C=O) groups is 1. The molecule has 0 saturated carbocycles. The van der Waals surface area contributed by atoms with Gasteiger partial charge in [0.25, 0.3) is 5.91 Å². The second kappa shape index (κ2) is 6.21. The quantitative estimate of drug-likeness (QED) is 0.847. The Hall–Kier alpha value is -2.64. The zero-order chi connectivity index (χ0) is 15.4. The number of methoxy groups -OCH3 is 1. The van der Waals surface area contributed by atoms with Crippen molar-refractivity contribution >= 4 is 11.7 Å². The molecule has 0 bridgehead atoms. The molecule has 0 aliphatic heterocycles. The monoisotopic (exact) mass is 290 g/mol. The third-order valence-electron chi connectivity index (χ3n) is 2.79. The van der Waals surface area contributed by atoms with Gasteiger partial charge in [0.15, 0.2) is 0 Å². The summed E-state index contributed by atoms with van der Waals surface area (Å²) in [5, 5.41) is 6.79. The predicted molar refractivity (Wildman–Crippen MR) is 77.3 cm³/mol. The standard InChI is InChI=1S/C13H18N6O2/c1-18(2)11-5-6-14-10(16-11)7-15-12(20)9-8-19(3)17-13(9)21-4/h5-6,8H,7H2,1-4H3,(H,15,20). The Balaban J connectivity index is 2.05. The molecule has 1 N–H and O–H groups in total. The maximum Gasteiger partial charge on any atom is 0.258 e. The summed E-state index contributed by atoms with van der Waals surface area (Å²) in [4.78, 5) is 22.5. The third kappa shape index (κ3) is 3.47. The van der Waals surface area contributed by atoms with Crippen LogP contribution in [0.25, 0.3) is 0 Å². The number of rotatable bonds is 5. The molecule has 2 aromatic heterocycles. The molecule has 112 valence electrons. The Kier molecular flexibility index (Phi) is 4.36. The Morgan fingerprint density at radius 2 is 2.24 bits per heavy atom. The van der Waals surface area contributed by atoms with E-state index >= 15 is 0 Å². The molecule has 2 heterocycles. The normalized spacial score (nSPS) is 10.3. The summed E-state index contributed by atoms with van der Waals surface area (Å²) in [6.45, 7) is 0.235. The van der Waals surface area contributed by atoms with Crippen LogP contribution < -0.4 is 15.0 Å². The van der Waals surface area contributed by atoms with Crippen molar-refractivity contribution in [2.75, 3.05) is 26.1 Å². The first-order valence-electron chi connectivity index (χ1n) is 6.36. The van der Waals surface area contributed by atoms with Gasteiger partial charge in [0, 0.05) is 33.5 Å². The average molecular weight is 290 g/mol. The van der Waals surface area contributed by atoms with Crippen LogP contribution in [0.1, 0.15) is 16.2 Å². The molecule has 8 heteroatoms. The second-order valence-electron chi connectivity index (χ2n) is 4.63. The Morgan fingerprint density at radius 1 is 1.48 bits per heavy atom. The minimum absolute atomic E-state index is 0.235. The molecule has 1 amide bonds. The van der Waals surface area contributed by atoms with E-state index in [2.05, 4.69) is 20.4 Å². The molecule has 0 atom stereocenters. The van der Waals surface area contributed by atoms with E-state index in [0.29, 0.717) is 11.4 Å². The first-order chi connectivity index (χ1) is 10.0. The summed E-state index contributed by atoms with van der Waals surface area (Å²) >= 11 is 0. The number of aryl methyl sites for hydroxylation is 1. The van der Waals surface area contributed by atoms with Crippen molar-refractivity contribution in [2.24, 2.45) is 7.05 Å². The molecule has 0 spiro atoms. The fourth-order valence-electron chi connectivity index (χ4n) is 1.75. The van der Waals surface area contributed by atoms with Crippen LogP contribution in [0.15, 0.2) is 18.5 Å². The second-order valence-corrected chi connectivity index (χ2v) is 4.63. The smallest absolute Gasteiger partial charge is 0.258 e. The van der Waals surface area contributed by atoms with Crippen molar-refractivity contribution in [2.45, 2.75) is 6.54 Å². The van der Waals surface area contributed by atoms with E-state index in [1.807, 2.05) is 19.0 Å². The SMILES string of the molecule is COc1nn(C)cc1C(=O)NCc1nccc(N(C)C)n1. The lowest BCUT2D eigenvalue weighted by atomic mass is 10.3. The van der Waals surface area contributed by atoms with Crippen molar-refractivity contribution in [1.29, 1.82) is 0 Å². The van der Waals surface area contributed by atoms with Crippen LogP contribution in [-0.2, 0) is 13.6 Å². The lowest BCUT2D eigenvalue weighted by Gasteiger charge is -2.11. The molecule has 2 rings (SSSR count). The number of amides is 1. The Bertz CT molecular complexity index is 637. The highest BCUT2D eigenvalue weighted by Crippen LogP contribution is 2.14. The van der Waals surface area contributed by atoms with E-state index in [0.717, 1.165) is 5.82 Å². The molecule has 0 radical (unpaired) electrons. The van der Waals surface area contributed by atoms with Crippen molar-refractivity contribution in [3.05, 3.63) is 29.8 Å². The number of hydrogen-bond donors (Lipinski definition) is 1. The van der Waals surface area contributed by atoms with E-state index in [-0.39, 0.29) is 18.3 Å². The van der Waals surface area contributed by atoms with Crippen LogP contribution in [0.2, 0.25) is 0 Å². The number of aromatic nitrogens is 4. The highest BCUT2D eigenvalue weighted by Gasteiger charge is 2.16. The maximum absolute atomic E-state index is 12.1. The minimum Gasteiger partial charge on any atom is -0.479 e. The van der Waals surface area contributed by atoms with Gasteiger partial charge in [0.05, 0.1) is 13.7 Å². The molecular formula is C13H18N6O2. The van der Waals surface area contributed by atoms with Gasteiger partial charge in [-0.05, 0) is 6.07 Å². The van der Waals surface area contributed by atoms with Crippen LogP contribution in [0.3, 0.4) is 0 Å². The topological polar surface area (TPSA) is 85.2 Å². The van der Waals surface area contributed by atoms with Crippen LogP contribution in [0.5, 0.6) is 5.88 Å². The Labute approximate surface area is 122 Å². The summed E-state index contributed by atoms with van der Waals surface area (Å²) in [6.07, 6.45) is 3.26. The number of nitrogens with zero attached hydrogens (tertiary/aromatic N) is 5. The number of ether oxygens (including phenoxy) is 1. The molecule has 2 aromatic rings. The van der Waals surface area contributed by atoms with Gasteiger partial charge in [-0.25, -0.2) is 9.97 Å². The van der Waals surface area contributed by atoms with Gasteiger partial charge in [0.2, 0.25) is 5.88 Å². The molecule has 0 aromatic carbocycles. The molecule has 21 heavy (non-hydrogen) atoms. The number of hydrogen-bond acceptors (Lipinski definition) is 6. The molecule has 0 aliphatic rings. The van der Waals surface area contributed by atoms with Crippen molar-refractivity contribution in [3.63, 3.8) is 0 Å². The van der Waals surface area contributed by atoms with Gasteiger partial charge < -0.3 is 15.0 Å². The zero-order valence-electron chi connectivity index (χ0n) is 12.5. The van der Waals surface area contributed by atoms with Gasteiger partial charge in [0.1, 0.15) is 17.2 Å². The van der Waals surface area contributed by atoms with Gasteiger partial charge in [-0.1, -0.05) is 0 Å². The van der Waals surface area contributed by atoms with E-state index in [1.54, 1.807) is 25.5 Å². The first kappa shape index (κ1) is 14.8. The average Bonchev–Trinajstić information content (AvgIpc) is 2.86. The van der Waals surface area contributed by atoms with Crippen LogP contribution in [0.4, 0.5) is 5.82 Å². The summed E-state index contributed by atoms with van der Waals surface area (Å²) in [5.74, 6) is 1.34. The fraction of sp³-hybridized carbons (Fsp3) is 0.385. The lowest BCUT2D eigenvalue weighted by molar-refractivity contribution is 0.0947. The number of anilines is 1. The molecular weight excluding hydrogens is 272 g/mol. The van der Waals surface area contributed by atoms with E-state index < -0.39 is 0 Å². The molecule has 0 aliphatic carbocycles. The van der Waals surface area contributed by atoms with Crippen LogP contribution in [-0.4, -0.2) is 46.9 Å². The summed E-state index contributed by atoms with van der Waals surface area (Å²) < 4.78 is 6.58. The molecule has 0 saturated heterocycles. The summed E-state index contributed by atoms with van der Waals surface area (Å²) in [5.41, 5.74) is 0.378. The molecule has 0 unspecified atom stereocenters. The van der Waals surface area contributed by atoms with Gasteiger partial charge >= 0.3 is 0 Å². The van der Waals surface area contributed by atoms with Crippen LogP contribution in [0, 0.1) is 0 Å². The predicted octanol–water partition coefficient (Wildman–Crippen LogP) is 0.215. The van der Waals surface area contributed by atoms with Gasteiger partial charge in [-0.3, -0.25) is 9.48 Å². The third-order valence-corrected chi connectivity index (χ3v) is 2.79. The zero-order valence-corrected chi connectivity index (χ0v) is 12.5. The Morgan fingerprint density at radius 3 is 2.90 bits per heavy atom. The lowest BCUT2D eigenvalue weighted by Crippen LogP contribution is -2.24.